The fraction of sp³-hybridized carbons (Fsp3) is 0.647. The lowest BCUT2D eigenvalue weighted by atomic mass is 9.99. The van der Waals surface area contributed by atoms with E-state index in [2.05, 4.69) is 41.1 Å². The molecule has 2 fully saturated rings. The number of rotatable bonds is 3. The van der Waals surface area contributed by atoms with E-state index >= 15 is 0 Å². The summed E-state index contributed by atoms with van der Waals surface area (Å²) in [5, 5.41) is 0. The first-order valence-corrected chi connectivity index (χ1v) is 7.94. The molecule has 2 aliphatic rings. The maximum absolute atomic E-state index is 5.50. The molecule has 3 rings (SSSR count). The Morgan fingerprint density at radius 2 is 1.81 bits per heavy atom. The predicted molar refractivity (Wildman–Crippen MR) is 83.8 cm³/mol. The topological polar surface area (TPSA) is 24.9 Å². The molecular formula is C17H26N2O2. The number of nitrogens with zero attached hydrogens (tertiary/aromatic N) is 2. The molecule has 1 atom stereocenters. The Morgan fingerprint density at radius 1 is 1.10 bits per heavy atom. The number of hydrogen-bond acceptors (Lipinski definition) is 4. The van der Waals surface area contributed by atoms with Crippen LogP contribution in [0.25, 0.3) is 0 Å². The molecule has 4 nitrogen and oxygen atoms in total. The van der Waals surface area contributed by atoms with Gasteiger partial charge in [-0.25, -0.2) is 0 Å². The second-order valence-electron chi connectivity index (χ2n) is 6.11. The van der Waals surface area contributed by atoms with Gasteiger partial charge in [0.25, 0.3) is 0 Å². The Balaban J connectivity index is 1.70. The summed E-state index contributed by atoms with van der Waals surface area (Å²) in [5.41, 5.74) is 1.38. The average Bonchev–Trinajstić information content (AvgIpc) is 2.56. The van der Waals surface area contributed by atoms with Crippen molar-refractivity contribution in [2.75, 3.05) is 47.0 Å². The van der Waals surface area contributed by atoms with E-state index in [1.807, 2.05) is 0 Å². The Morgan fingerprint density at radius 3 is 2.48 bits per heavy atom. The molecule has 0 unspecified atom stereocenters. The van der Waals surface area contributed by atoms with Crippen molar-refractivity contribution in [1.82, 2.24) is 9.80 Å². The minimum absolute atomic E-state index is 0.479. The molecule has 0 radical (unpaired) electrons. The van der Waals surface area contributed by atoms with Crippen molar-refractivity contribution in [1.29, 1.82) is 0 Å². The van der Waals surface area contributed by atoms with Crippen LogP contribution in [0.4, 0.5) is 0 Å². The minimum atomic E-state index is 0.479. The van der Waals surface area contributed by atoms with Crippen LogP contribution >= 0.6 is 0 Å². The summed E-state index contributed by atoms with van der Waals surface area (Å²) < 4.78 is 10.8. The van der Waals surface area contributed by atoms with Crippen molar-refractivity contribution < 1.29 is 9.47 Å². The third-order valence-electron chi connectivity index (χ3n) is 4.89. The van der Waals surface area contributed by atoms with E-state index in [1.54, 1.807) is 7.11 Å². The van der Waals surface area contributed by atoms with Gasteiger partial charge in [0.1, 0.15) is 5.75 Å². The molecule has 0 saturated carbocycles. The van der Waals surface area contributed by atoms with Gasteiger partial charge >= 0.3 is 0 Å². The molecule has 0 bridgehead atoms. The number of methoxy groups -OCH3 is 1. The first-order chi connectivity index (χ1) is 10.3. The summed E-state index contributed by atoms with van der Waals surface area (Å²) in [5.74, 6) is 0.929. The molecule has 116 valence electrons. The van der Waals surface area contributed by atoms with Crippen LogP contribution in [0.2, 0.25) is 0 Å². The molecule has 21 heavy (non-hydrogen) atoms. The molecule has 0 aromatic heterocycles. The lowest BCUT2D eigenvalue weighted by molar-refractivity contribution is 0.000993. The van der Waals surface area contributed by atoms with E-state index in [9.17, 15) is 0 Å². The zero-order valence-corrected chi connectivity index (χ0v) is 13.1. The molecule has 0 aliphatic carbocycles. The van der Waals surface area contributed by atoms with Gasteiger partial charge in [-0.05, 0) is 37.6 Å². The Bertz CT molecular complexity index is 443. The largest absolute Gasteiger partial charge is 0.497 e. The highest BCUT2D eigenvalue weighted by molar-refractivity contribution is 5.29. The van der Waals surface area contributed by atoms with Crippen LogP contribution in [-0.2, 0) is 4.74 Å². The molecule has 0 N–H and O–H groups in total. The van der Waals surface area contributed by atoms with E-state index in [1.165, 1.54) is 24.9 Å². The fourth-order valence-electron chi connectivity index (χ4n) is 3.46. The molecule has 0 spiro atoms. The van der Waals surface area contributed by atoms with Crippen LogP contribution in [-0.4, -0.2) is 62.8 Å². The molecule has 4 heteroatoms. The van der Waals surface area contributed by atoms with E-state index in [0.29, 0.717) is 12.1 Å². The third-order valence-corrected chi connectivity index (χ3v) is 4.89. The summed E-state index contributed by atoms with van der Waals surface area (Å²) >= 11 is 0. The average molecular weight is 290 g/mol. The Kier molecular flexibility index (Phi) is 4.78. The lowest BCUT2D eigenvalue weighted by Gasteiger charge is -2.44. The summed E-state index contributed by atoms with van der Waals surface area (Å²) in [6, 6.07) is 9.72. The van der Waals surface area contributed by atoms with E-state index < -0.39 is 0 Å². The fourth-order valence-corrected chi connectivity index (χ4v) is 3.46. The highest BCUT2D eigenvalue weighted by Crippen LogP contribution is 2.28. The van der Waals surface area contributed by atoms with E-state index in [0.717, 1.165) is 32.1 Å². The van der Waals surface area contributed by atoms with Crippen LogP contribution in [0.15, 0.2) is 24.3 Å². The molecule has 2 heterocycles. The second kappa shape index (κ2) is 6.77. The normalized spacial score (nSPS) is 25.9. The van der Waals surface area contributed by atoms with Gasteiger partial charge in [-0.2, -0.15) is 0 Å². The van der Waals surface area contributed by atoms with Crippen LogP contribution in [0, 0.1) is 0 Å². The van der Waals surface area contributed by atoms with Crippen molar-refractivity contribution in [3.63, 3.8) is 0 Å². The standard InChI is InChI=1S/C17H26N2O2/c1-18-9-10-19(15-7-11-21-12-8-15)13-17(18)14-3-5-16(20-2)6-4-14/h3-6,15,17H,7-13H2,1-2H3/t17-/m0/s1. The molecule has 1 aromatic rings. The van der Waals surface area contributed by atoms with Crippen LogP contribution in [0.1, 0.15) is 24.4 Å². The van der Waals surface area contributed by atoms with Crippen molar-refractivity contribution in [2.24, 2.45) is 0 Å². The van der Waals surface area contributed by atoms with Crippen LogP contribution in [0.5, 0.6) is 5.75 Å². The quantitative estimate of drug-likeness (QED) is 0.852. The van der Waals surface area contributed by atoms with E-state index in [-0.39, 0.29) is 0 Å². The first-order valence-electron chi connectivity index (χ1n) is 7.94. The van der Waals surface area contributed by atoms with Crippen LogP contribution < -0.4 is 4.74 Å². The number of hydrogen-bond donors (Lipinski definition) is 0. The monoisotopic (exact) mass is 290 g/mol. The molecular weight excluding hydrogens is 264 g/mol. The minimum Gasteiger partial charge on any atom is -0.497 e. The zero-order chi connectivity index (χ0) is 14.7. The zero-order valence-electron chi connectivity index (χ0n) is 13.1. The molecule has 2 saturated heterocycles. The van der Waals surface area contributed by atoms with Crippen molar-refractivity contribution in [2.45, 2.75) is 24.9 Å². The first kappa shape index (κ1) is 14.8. The summed E-state index contributed by atoms with van der Waals surface area (Å²) in [7, 11) is 3.95. The Hall–Kier alpha value is -1.10. The lowest BCUT2D eigenvalue weighted by Crippen LogP contribution is -2.51. The number of ether oxygens (including phenoxy) is 2. The van der Waals surface area contributed by atoms with Gasteiger partial charge in [-0.3, -0.25) is 9.80 Å². The third kappa shape index (κ3) is 3.39. The van der Waals surface area contributed by atoms with Crippen molar-refractivity contribution in [3.8, 4) is 5.75 Å². The maximum atomic E-state index is 5.50. The number of piperazine rings is 1. The SMILES string of the molecule is COc1ccc([C@@H]2CN(C3CCOCC3)CCN2C)cc1. The number of benzene rings is 1. The van der Waals surface area contributed by atoms with Gasteiger partial charge in [0.2, 0.25) is 0 Å². The molecule has 2 aliphatic heterocycles. The predicted octanol–water partition coefficient (Wildman–Crippen LogP) is 2.16. The highest BCUT2D eigenvalue weighted by Gasteiger charge is 2.30. The van der Waals surface area contributed by atoms with Crippen molar-refractivity contribution >= 4 is 0 Å². The molecule has 0 amide bonds. The van der Waals surface area contributed by atoms with Gasteiger partial charge in [-0.1, -0.05) is 12.1 Å². The summed E-state index contributed by atoms with van der Waals surface area (Å²) in [6.07, 6.45) is 2.36. The summed E-state index contributed by atoms with van der Waals surface area (Å²) in [6.45, 7) is 5.27. The maximum Gasteiger partial charge on any atom is 0.118 e. The summed E-state index contributed by atoms with van der Waals surface area (Å²) in [4.78, 5) is 5.13. The number of likely N-dealkylation sites (N-methyl/N-ethyl adjacent to an activating group) is 1. The smallest absolute Gasteiger partial charge is 0.118 e. The van der Waals surface area contributed by atoms with E-state index in [4.69, 9.17) is 9.47 Å². The van der Waals surface area contributed by atoms with Gasteiger partial charge < -0.3 is 9.47 Å². The second-order valence-corrected chi connectivity index (χ2v) is 6.11. The Labute approximate surface area is 127 Å². The van der Waals surface area contributed by atoms with Gasteiger partial charge in [-0.15, -0.1) is 0 Å². The van der Waals surface area contributed by atoms with Crippen LogP contribution in [0.3, 0.4) is 0 Å². The van der Waals surface area contributed by atoms with Gasteiger partial charge in [0.15, 0.2) is 0 Å². The van der Waals surface area contributed by atoms with Gasteiger partial charge in [0, 0.05) is 44.9 Å². The van der Waals surface area contributed by atoms with Gasteiger partial charge in [0.05, 0.1) is 7.11 Å². The highest BCUT2D eigenvalue weighted by atomic mass is 16.5. The molecule has 1 aromatic carbocycles. The van der Waals surface area contributed by atoms with Crippen molar-refractivity contribution in [3.05, 3.63) is 29.8 Å².